The number of hydrogen-bond acceptors (Lipinski definition) is 5. The predicted octanol–water partition coefficient (Wildman–Crippen LogP) is 3.33. The van der Waals surface area contributed by atoms with E-state index in [1.807, 2.05) is 23.1 Å². The van der Waals surface area contributed by atoms with Crippen LogP contribution in [-0.2, 0) is 14.9 Å². The minimum Gasteiger partial charge on any atom is -0.450 e. The van der Waals surface area contributed by atoms with Gasteiger partial charge in [-0.05, 0) is 44.0 Å². The molecule has 7 nitrogen and oxygen atoms in total. The Balaban J connectivity index is 1.44. The normalized spacial score (nSPS) is 18.1. The van der Waals surface area contributed by atoms with Crippen molar-refractivity contribution < 1.29 is 18.8 Å². The Morgan fingerprint density at radius 2 is 1.79 bits per heavy atom. The maximum atomic E-state index is 13.2. The Hall–Kier alpha value is -2.54. The molecule has 4 rings (SSSR count). The number of nitrogens with zero attached hydrogens (tertiary/aromatic N) is 3. The summed E-state index contributed by atoms with van der Waals surface area (Å²) in [5.41, 5.74) is 0.949. The highest BCUT2D eigenvalue weighted by molar-refractivity contribution is 6.30. The van der Waals surface area contributed by atoms with E-state index in [4.69, 9.17) is 20.9 Å². The number of ether oxygens (including phenoxy) is 1. The van der Waals surface area contributed by atoms with Crippen LogP contribution < -0.4 is 0 Å². The van der Waals surface area contributed by atoms with Crippen molar-refractivity contribution in [3.8, 4) is 11.3 Å². The number of amides is 2. The number of hydrogen-bond donors (Lipinski definition) is 0. The molecule has 8 heteroatoms. The molecule has 1 aliphatic heterocycles. The van der Waals surface area contributed by atoms with Crippen LogP contribution in [0.15, 0.2) is 34.9 Å². The van der Waals surface area contributed by atoms with Gasteiger partial charge in [-0.3, -0.25) is 4.79 Å². The van der Waals surface area contributed by atoms with E-state index < -0.39 is 5.41 Å². The Morgan fingerprint density at radius 1 is 1.14 bits per heavy atom. The molecule has 0 unspecified atom stereocenters. The number of halogens is 1. The standard InChI is InChI=1S/C20H22ClN3O4/c1-2-27-19(26)24-11-9-23(10-12-24)18(25)20(7-8-20)17-13-16(28-22-17)14-3-5-15(21)6-4-14/h3-6,13H,2,7-12H2,1H3. The Morgan fingerprint density at radius 3 is 2.39 bits per heavy atom. The molecule has 2 fully saturated rings. The monoisotopic (exact) mass is 403 g/mol. The van der Waals surface area contributed by atoms with Gasteiger partial charge in [-0.1, -0.05) is 16.8 Å². The molecule has 1 aromatic heterocycles. The second-order valence-electron chi connectivity index (χ2n) is 7.14. The molecule has 0 bridgehead atoms. The van der Waals surface area contributed by atoms with Crippen LogP contribution in [-0.4, -0.2) is 59.7 Å². The predicted molar refractivity (Wildman–Crippen MR) is 103 cm³/mol. The van der Waals surface area contributed by atoms with Crippen molar-refractivity contribution in [3.63, 3.8) is 0 Å². The first-order chi connectivity index (χ1) is 13.5. The number of carbonyl (C=O) groups excluding carboxylic acids is 2. The molecule has 0 atom stereocenters. The van der Waals surface area contributed by atoms with Crippen molar-refractivity contribution in [1.82, 2.24) is 15.0 Å². The highest BCUT2D eigenvalue weighted by atomic mass is 35.5. The molecule has 0 radical (unpaired) electrons. The molecule has 1 saturated heterocycles. The highest BCUT2D eigenvalue weighted by Gasteiger charge is 2.55. The first-order valence-electron chi connectivity index (χ1n) is 9.48. The second kappa shape index (κ2) is 7.47. The van der Waals surface area contributed by atoms with E-state index in [1.54, 1.807) is 24.0 Å². The fourth-order valence-corrected chi connectivity index (χ4v) is 3.69. The van der Waals surface area contributed by atoms with Crippen LogP contribution in [0.2, 0.25) is 5.02 Å². The molecule has 1 saturated carbocycles. The van der Waals surface area contributed by atoms with Crippen LogP contribution in [0.3, 0.4) is 0 Å². The van der Waals surface area contributed by atoms with Crippen molar-refractivity contribution in [2.24, 2.45) is 0 Å². The van der Waals surface area contributed by atoms with Gasteiger partial charge in [0.1, 0.15) is 0 Å². The van der Waals surface area contributed by atoms with Crippen LogP contribution in [0.5, 0.6) is 0 Å². The van der Waals surface area contributed by atoms with Crippen LogP contribution in [0.25, 0.3) is 11.3 Å². The van der Waals surface area contributed by atoms with Gasteiger partial charge in [0.05, 0.1) is 17.7 Å². The summed E-state index contributed by atoms with van der Waals surface area (Å²) in [7, 11) is 0. The van der Waals surface area contributed by atoms with Gasteiger partial charge < -0.3 is 19.1 Å². The minimum atomic E-state index is -0.597. The topological polar surface area (TPSA) is 75.9 Å². The summed E-state index contributed by atoms with van der Waals surface area (Å²) in [5.74, 6) is 0.685. The van der Waals surface area contributed by atoms with E-state index in [-0.39, 0.29) is 12.0 Å². The van der Waals surface area contributed by atoms with E-state index in [0.717, 1.165) is 18.4 Å². The van der Waals surface area contributed by atoms with Crippen molar-refractivity contribution in [1.29, 1.82) is 0 Å². The zero-order chi connectivity index (χ0) is 19.7. The smallest absolute Gasteiger partial charge is 0.409 e. The van der Waals surface area contributed by atoms with Gasteiger partial charge >= 0.3 is 6.09 Å². The fourth-order valence-electron chi connectivity index (χ4n) is 3.57. The Bertz CT molecular complexity index is 868. The summed E-state index contributed by atoms with van der Waals surface area (Å²) in [6.45, 7) is 4.10. The first kappa shape index (κ1) is 18.8. The number of aromatic nitrogens is 1. The van der Waals surface area contributed by atoms with Crippen LogP contribution >= 0.6 is 11.6 Å². The lowest BCUT2D eigenvalue weighted by molar-refractivity contribution is -0.135. The molecule has 1 aliphatic carbocycles. The zero-order valence-electron chi connectivity index (χ0n) is 15.7. The van der Waals surface area contributed by atoms with E-state index in [9.17, 15) is 9.59 Å². The summed E-state index contributed by atoms with van der Waals surface area (Å²) in [5, 5.41) is 4.84. The SMILES string of the molecule is CCOC(=O)N1CCN(C(=O)C2(c3cc(-c4ccc(Cl)cc4)on3)CC2)CC1. The molecule has 2 aliphatic rings. The summed E-state index contributed by atoms with van der Waals surface area (Å²) in [6, 6.07) is 9.16. The molecule has 0 spiro atoms. The molecule has 2 heterocycles. The van der Waals surface area contributed by atoms with E-state index in [2.05, 4.69) is 5.16 Å². The van der Waals surface area contributed by atoms with Crippen molar-refractivity contribution in [2.45, 2.75) is 25.2 Å². The summed E-state index contributed by atoms with van der Waals surface area (Å²) >= 11 is 5.93. The van der Waals surface area contributed by atoms with Gasteiger partial charge in [-0.2, -0.15) is 0 Å². The third kappa shape index (κ3) is 3.46. The van der Waals surface area contributed by atoms with Crippen LogP contribution in [0, 0.1) is 0 Å². The third-order valence-corrected chi connectivity index (χ3v) is 5.63. The first-order valence-corrected chi connectivity index (χ1v) is 9.85. The average molecular weight is 404 g/mol. The third-order valence-electron chi connectivity index (χ3n) is 5.38. The second-order valence-corrected chi connectivity index (χ2v) is 7.58. The fraction of sp³-hybridized carbons (Fsp3) is 0.450. The van der Waals surface area contributed by atoms with Gasteiger partial charge in [0.2, 0.25) is 5.91 Å². The van der Waals surface area contributed by atoms with Gasteiger partial charge in [0.25, 0.3) is 0 Å². The van der Waals surface area contributed by atoms with Crippen molar-refractivity contribution >= 4 is 23.6 Å². The number of carbonyl (C=O) groups is 2. The van der Waals surface area contributed by atoms with Crippen molar-refractivity contribution in [2.75, 3.05) is 32.8 Å². The lowest BCUT2D eigenvalue weighted by atomic mass is 9.99. The molecule has 28 heavy (non-hydrogen) atoms. The molecule has 1 aromatic carbocycles. The van der Waals surface area contributed by atoms with E-state index in [1.165, 1.54) is 0 Å². The molecule has 148 valence electrons. The lowest BCUT2D eigenvalue weighted by Crippen LogP contribution is -2.53. The zero-order valence-corrected chi connectivity index (χ0v) is 16.4. The van der Waals surface area contributed by atoms with Gasteiger partial charge in [0.15, 0.2) is 5.76 Å². The van der Waals surface area contributed by atoms with Crippen LogP contribution in [0.4, 0.5) is 4.79 Å². The van der Waals surface area contributed by atoms with Crippen molar-refractivity contribution in [3.05, 3.63) is 41.0 Å². The molecular weight excluding hydrogens is 382 g/mol. The average Bonchev–Trinajstić information content (AvgIpc) is 3.38. The molecule has 2 amide bonds. The Kier molecular flexibility index (Phi) is 5.02. The Labute approximate surface area is 168 Å². The minimum absolute atomic E-state index is 0.0620. The summed E-state index contributed by atoms with van der Waals surface area (Å²) < 4.78 is 10.5. The number of rotatable bonds is 4. The van der Waals surface area contributed by atoms with Gasteiger partial charge in [0, 0.05) is 42.8 Å². The number of piperazine rings is 1. The summed E-state index contributed by atoms with van der Waals surface area (Å²) in [6.07, 6.45) is 1.20. The van der Waals surface area contributed by atoms with Gasteiger partial charge in [-0.25, -0.2) is 4.79 Å². The lowest BCUT2D eigenvalue weighted by Gasteiger charge is -2.35. The molecule has 0 N–H and O–H groups in total. The highest BCUT2D eigenvalue weighted by Crippen LogP contribution is 2.50. The van der Waals surface area contributed by atoms with E-state index >= 15 is 0 Å². The van der Waals surface area contributed by atoms with Gasteiger partial charge in [-0.15, -0.1) is 0 Å². The summed E-state index contributed by atoms with van der Waals surface area (Å²) in [4.78, 5) is 28.5. The number of benzene rings is 1. The van der Waals surface area contributed by atoms with Crippen LogP contribution in [0.1, 0.15) is 25.5 Å². The molecule has 2 aromatic rings. The quantitative estimate of drug-likeness (QED) is 0.782. The maximum absolute atomic E-state index is 13.2. The maximum Gasteiger partial charge on any atom is 0.409 e. The molecular formula is C20H22ClN3O4. The van der Waals surface area contributed by atoms with E-state index in [0.29, 0.717) is 49.3 Å². The largest absolute Gasteiger partial charge is 0.450 e.